The second-order valence-electron chi connectivity index (χ2n) is 5.25. The van der Waals surface area contributed by atoms with Crippen molar-refractivity contribution in [2.45, 2.75) is 32.0 Å². The quantitative estimate of drug-likeness (QED) is 0.857. The summed E-state index contributed by atoms with van der Waals surface area (Å²) in [7, 11) is 2.13. The van der Waals surface area contributed by atoms with Gasteiger partial charge in [-0.25, -0.2) is 0 Å². The van der Waals surface area contributed by atoms with E-state index >= 15 is 0 Å². The van der Waals surface area contributed by atoms with Crippen LogP contribution in [0.5, 0.6) is 0 Å². The lowest BCUT2D eigenvalue weighted by Crippen LogP contribution is -2.18. The van der Waals surface area contributed by atoms with Crippen molar-refractivity contribution in [2.24, 2.45) is 0 Å². The van der Waals surface area contributed by atoms with Crippen LogP contribution in [0.25, 0.3) is 0 Å². The summed E-state index contributed by atoms with van der Waals surface area (Å²) in [6.07, 6.45) is 4.53. The van der Waals surface area contributed by atoms with E-state index in [1.807, 2.05) is 6.20 Å². The minimum Gasteiger partial charge on any atom is -0.369 e. The molecule has 1 aliphatic rings. The summed E-state index contributed by atoms with van der Waals surface area (Å²) in [5.74, 6) is 0. The van der Waals surface area contributed by atoms with Gasteiger partial charge in [-0.3, -0.25) is 4.98 Å². The number of anilines is 1. The minimum atomic E-state index is 0.724. The first-order chi connectivity index (χ1) is 9.70. The Kier molecular flexibility index (Phi) is 4.38. The van der Waals surface area contributed by atoms with E-state index < -0.39 is 0 Å². The summed E-state index contributed by atoms with van der Waals surface area (Å²) < 4.78 is 1.16. The van der Waals surface area contributed by atoms with E-state index in [0.29, 0.717) is 0 Å². The van der Waals surface area contributed by atoms with Gasteiger partial charge in [0.1, 0.15) is 0 Å². The van der Waals surface area contributed by atoms with E-state index in [4.69, 9.17) is 0 Å². The average molecular weight is 352 g/mol. The van der Waals surface area contributed by atoms with Crippen molar-refractivity contribution >= 4 is 33.0 Å². The van der Waals surface area contributed by atoms with Crippen molar-refractivity contribution in [3.05, 3.63) is 44.8 Å². The van der Waals surface area contributed by atoms with Crippen molar-refractivity contribution in [1.29, 1.82) is 0 Å². The van der Waals surface area contributed by atoms with Crippen LogP contribution in [0, 0.1) is 0 Å². The lowest BCUT2D eigenvalue weighted by molar-refractivity contribution is 0.674. The second kappa shape index (κ2) is 6.24. The van der Waals surface area contributed by atoms with E-state index in [-0.39, 0.29) is 0 Å². The van der Waals surface area contributed by atoms with Crippen LogP contribution in [0.2, 0.25) is 0 Å². The number of pyridine rings is 1. The molecule has 2 aromatic rings. The maximum Gasteiger partial charge on any atom is 0.0562 e. The van der Waals surface area contributed by atoms with Crippen LogP contribution >= 0.6 is 27.3 Å². The highest BCUT2D eigenvalue weighted by Crippen LogP contribution is 2.24. The van der Waals surface area contributed by atoms with E-state index in [9.17, 15) is 0 Å². The van der Waals surface area contributed by atoms with Gasteiger partial charge in [-0.05, 0) is 47.0 Å². The fraction of sp³-hybridized carbons (Fsp3) is 0.400. The molecule has 1 N–H and O–H groups in total. The molecule has 0 unspecified atom stereocenters. The highest BCUT2D eigenvalue weighted by molar-refractivity contribution is 9.10. The monoisotopic (exact) mass is 351 g/mol. The SMILES string of the molecule is CN(Cc1cc(Br)cs1)c1ccnc(CNC2CC2)c1. The smallest absolute Gasteiger partial charge is 0.0562 e. The standard InChI is InChI=1S/C15H18BrN3S/c1-19(9-15-6-11(16)10-20-15)14-4-5-17-13(7-14)8-18-12-2-3-12/h4-7,10,12,18H,2-3,8-9H2,1H3. The summed E-state index contributed by atoms with van der Waals surface area (Å²) in [6.45, 7) is 1.80. The molecule has 1 aliphatic carbocycles. The molecule has 3 rings (SSSR count). The van der Waals surface area contributed by atoms with Crippen LogP contribution in [-0.4, -0.2) is 18.1 Å². The van der Waals surface area contributed by atoms with E-state index in [0.717, 1.165) is 29.3 Å². The molecule has 5 heteroatoms. The molecule has 0 saturated heterocycles. The van der Waals surface area contributed by atoms with Gasteiger partial charge in [0.2, 0.25) is 0 Å². The molecule has 3 nitrogen and oxygen atoms in total. The topological polar surface area (TPSA) is 28.2 Å². The van der Waals surface area contributed by atoms with Crippen molar-refractivity contribution in [2.75, 3.05) is 11.9 Å². The maximum absolute atomic E-state index is 4.44. The summed E-state index contributed by atoms with van der Waals surface area (Å²) in [4.78, 5) is 8.06. The molecule has 0 atom stereocenters. The van der Waals surface area contributed by atoms with Gasteiger partial charge in [0.25, 0.3) is 0 Å². The normalized spacial score (nSPS) is 14.5. The molecule has 0 bridgehead atoms. The first-order valence-electron chi connectivity index (χ1n) is 6.83. The Balaban J connectivity index is 1.63. The number of halogens is 1. The largest absolute Gasteiger partial charge is 0.369 e. The molecule has 2 heterocycles. The number of nitrogens with zero attached hydrogens (tertiary/aromatic N) is 2. The summed E-state index contributed by atoms with van der Waals surface area (Å²) in [5, 5.41) is 5.63. The summed E-state index contributed by atoms with van der Waals surface area (Å²) in [6, 6.07) is 7.15. The van der Waals surface area contributed by atoms with Gasteiger partial charge in [0.05, 0.1) is 12.2 Å². The summed E-state index contributed by atoms with van der Waals surface area (Å²) in [5.41, 5.74) is 2.34. The van der Waals surface area contributed by atoms with Gasteiger partial charge < -0.3 is 10.2 Å². The van der Waals surface area contributed by atoms with E-state index in [1.54, 1.807) is 11.3 Å². The zero-order valence-corrected chi connectivity index (χ0v) is 13.9. The van der Waals surface area contributed by atoms with Crippen molar-refractivity contribution < 1.29 is 0 Å². The molecular formula is C15H18BrN3S. The van der Waals surface area contributed by atoms with Gasteiger partial charge in [-0.15, -0.1) is 11.3 Å². The Morgan fingerprint density at radius 2 is 2.30 bits per heavy atom. The molecule has 0 aromatic carbocycles. The highest BCUT2D eigenvalue weighted by atomic mass is 79.9. The lowest BCUT2D eigenvalue weighted by atomic mass is 10.3. The van der Waals surface area contributed by atoms with Crippen LogP contribution in [0.3, 0.4) is 0 Å². The Morgan fingerprint density at radius 3 is 3.00 bits per heavy atom. The first kappa shape index (κ1) is 14.0. The van der Waals surface area contributed by atoms with E-state index in [1.165, 1.54) is 23.4 Å². The maximum atomic E-state index is 4.44. The zero-order valence-electron chi connectivity index (χ0n) is 11.5. The number of aromatic nitrogens is 1. The van der Waals surface area contributed by atoms with Crippen LogP contribution in [0.15, 0.2) is 34.2 Å². The van der Waals surface area contributed by atoms with E-state index in [2.05, 4.69) is 61.8 Å². The van der Waals surface area contributed by atoms with Gasteiger partial charge in [-0.2, -0.15) is 0 Å². The lowest BCUT2D eigenvalue weighted by Gasteiger charge is -2.19. The van der Waals surface area contributed by atoms with Gasteiger partial charge in [-0.1, -0.05) is 0 Å². The number of hydrogen-bond acceptors (Lipinski definition) is 4. The third-order valence-electron chi connectivity index (χ3n) is 3.40. The second-order valence-corrected chi connectivity index (χ2v) is 7.16. The molecule has 20 heavy (non-hydrogen) atoms. The van der Waals surface area contributed by atoms with Crippen LogP contribution < -0.4 is 10.2 Å². The number of thiophene rings is 1. The minimum absolute atomic E-state index is 0.724. The molecule has 0 amide bonds. The third-order valence-corrected chi connectivity index (χ3v) is 5.09. The van der Waals surface area contributed by atoms with Crippen molar-refractivity contribution in [1.82, 2.24) is 10.3 Å². The van der Waals surface area contributed by atoms with Crippen molar-refractivity contribution in [3.63, 3.8) is 0 Å². The molecule has 2 aromatic heterocycles. The zero-order chi connectivity index (χ0) is 13.9. The fourth-order valence-corrected chi connectivity index (χ4v) is 3.60. The van der Waals surface area contributed by atoms with Crippen LogP contribution in [-0.2, 0) is 13.1 Å². The molecular weight excluding hydrogens is 334 g/mol. The average Bonchev–Trinajstić information content (AvgIpc) is 3.19. The van der Waals surface area contributed by atoms with Gasteiger partial charge >= 0.3 is 0 Å². The predicted octanol–water partition coefficient (Wildman–Crippen LogP) is 3.79. The number of nitrogens with one attached hydrogen (secondary N) is 1. The van der Waals surface area contributed by atoms with Gasteiger partial charge in [0, 0.05) is 46.2 Å². The van der Waals surface area contributed by atoms with Gasteiger partial charge in [0.15, 0.2) is 0 Å². The molecule has 0 radical (unpaired) electrons. The number of hydrogen-bond donors (Lipinski definition) is 1. The Morgan fingerprint density at radius 1 is 1.45 bits per heavy atom. The van der Waals surface area contributed by atoms with Crippen LogP contribution in [0.4, 0.5) is 5.69 Å². The molecule has 0 aliphatic heterocycles. The third kappa shape index (κ3) is 3.81. The molecule has 1 fully saturated rings. The molecule has 106 valence electrons. The highest BCUT2D eigenvalue weighted by Gasteiger charge is 2.20. The predicted molar refractivity (Wildman–Crippen MR) is 88.2 cm³/mol. The molecule has 0 spiro atoms. The number of rotatable bonds is 6. The van der Waals surface area contributed by atoms with Crippen molar-refractivity contribution in [3.8, 4) is 0 Å². The summed E-state index contributed by atoms with van der Waals surface area (Å²) >= 11 is 5.29. The Hall–Kier alpha value is -0.910. The first-order valence-corrected chi connectivity index (χ1v) is 8.50. The Bertz CT molecular complexity index is 580. The molecule has 1 saturated carbocycles. The fourth-order valence-electron chi connectivity index (χ4n) is 2.10. The Labute approximate surface area is 132 Å². The van der Waals surface area contributed by atoms with Crippen LogP contribution in [0.1, 0.15) is 23.4 Å².